The van der Waals surface area contributed by atoms with Gasteiger partial charge in [0.15, 0.2) is 0 Å². The number of aromatic amines is 1. The lowest BCUT2D eigenvalue weighted by Crippen LogP contribution is -2.17. The summed E-state index contributed by atoms with van der Waals surface area (Å²) in [4.78, 5) is 27.8. The molecule has 0 aliphatic carbocycles. The van der Waals surface area contributed by atoms with Crippen molar-refractivity contribution in [2.45, 2.75) is 0 Å². The zero-order valence-electron chi connectivity index (χ0n) is 10.2. The van der Waals surface area contributed by atoms with Crippen LogP contribution in [0.3, 0.4) is 0 Å². The van der Waals surface area contributed by atoms with Crippen molar-refractivity contribution in [3.8, 4) is 17.5 Å². The van der Waals surface area contributed by atoms with E-state index in [0.29, 0.717) is 27.9 Å². The van der Waals surface area contributed by atoms with E-state index in [0.717, 1.165) is 0 Å². The van der Waals surface area contributed by atoms with Crippen LogP contribution in [0.25, 0.3) is 22.3 Å². The fourth-order valence-corrected chi connectivity index (χ4v) is 2.64. The summed E-state index contributed by atoms with van der Waals surface area (Å²) in [6.07, 6.45) is 1.64. The topological polar surface area (TPSA) is 78.7 Å². The highest BCUT2D eigenvalue weighted by molar-refractivity contribution is 6.10. The molecule has 0 saturated carbocycles. The number of rotatable bonds is 0. The Labute approximate surface area is 112 Å². The van der Waals surface area contributed by atoms with Gasteiger partial charge < -0.3 is 4.98 Å². The highest BCUT2D eigenvalue weighted by Crippen LogP contribution is 2.30. The molecule has 5 heteroatoms. The van der Waals surface area contributed by atoms with Crippen LogP contribution in [0.1, 0.15) is 15.9 Å². The van der Waals surface area contributed by atoms with Gasteiger partial charge in [-0.25, -0.2) is 0 Å². The molecule has 0 bridgehead atoms. The van der Waals surface area contributed by atoms with Crippen LogP contribution < -0.4 is 5.43 Å². The van der Waals surface area contributed by atoms with Crippen molar-refractivity contribution in [2.24, 2.45) is 0 Å². The first-order chi connectivity index (χ1) is 9.70. The summed E-state index contributed by atoms with van der Waals surface area (Å²) in [5, 5.41) is 9.34. The number of nitrogens with one attached hydrogen (secondary N) is 1. The maximum atomic E-state index is 12.5. The third-order valence-electron chi connectivity index (χ3n) is 3.57. The molecule has 1 aliphatic rings. The Morgan fingerprint density at radius 2 is 2.05 bits per heavy atom. The summed E-state index contributed by atoms with van der Waals surface area (Å²) < 4.78 is 1.45. The van der Waals surface area contributed by atoms with Crippen molar-refractivity contribution in [1.29, 1.82) is 5.26 Å². The van der Waals surface area contributed by atoms with Gasteiger partial charge in [-0.1, -0.05) is 0 Å². The predicted molar refractivity (Wildman–Crippen MR) is 72.4 cm³/mol. The van der Waals surface area contributed by atoms with Crippen LogP contribution in [0.5, 0.6) is 0 Å². The summed E-state index contributed by atoms with van der Waals surface area (Å²) in [6.45, 7) is 0. The number of aromatic nitrogens is 2. The van der Waals surface area contributed by atoms with Crippen molar-refractivity contribution < 1.29 is 4.79 Å². The van der Waals surface area contributed by atoms with Crippen molar-refractivity contribution in [2.75, 3.05) is 0 Å². The minimum atomic E-state index is -0.312. The lowest BCUT2D eigenvalue weighted by Gasteiger charge is -2.02. The molecule has 4 rings (SSSR count). The number of carbonyl (C=O) groups excluding carboxylic acids is 1. The number of carbonyl (C=O) groups is 1. The van der Waals surface area contributed by atoms with E-state index in [4.69, 9.17) is 5.26 Å². The third-order valence-corrected chi connectivity index (χ3v) is 3.57. The normalized spacial score (nSPS) is 12.2. The molecule has 0 spiro atoms. The summed E-state index contributed by atoms with van der Waals surface area (Å²) in [6, 6.07) is 10.3. The van der Waals surface area contributed by atoms with Gasteiger partial charge in [0, 0.05) is 11.6 Å². The van der Waals surface area contributed by atoms with E-state index in [9.17, 15) is 9.59 Å². The summed E-state index contributed by atoms with van der Waals surface area (Å²) in [5.74, 6) is -0.312. The van der Waals surface area contributed by atoms with Crippen LogP contribution in [-0.4, -0.2) is 15.5 Å². The first-order valence-corrected chi connectivity index (χ1v) is 6.03. The van der Waals surface area contributed by atoms with E-state index in [1.807, 2.05) is 6.07 Å². The number of benzene rings is 1. The Kier molecular flexibility index (Phi) is 1.86. The number of hydrogen-bond donors (Lipinski definition) is 1. The van der Waals surface area contributed by atoms with Gasteiger partial charge in [-0.15, -0.1) is 0 Å². The first kappa shape index (κ1) is 10.8. The van der Waals surface area contributed by atoms with E-state index >= 15 is 0 Å². The molecule has 0 unspecified atom stereocenters. The number of pyridine rings is 1. The highest BCUT2D eigenvalue weighted by Gasteiger charge is 2.30. The minimum absolute atomic E-state index is 0.165. The Morgan fingerprint density at radius 1 is 1.20 bits per heavy atom. The number of fused-ring (bicyclic) bond motifs is 4. The van der Waals surface area contributed by atoms with Gasteiger partial charge in [0.25, 0.3) is 5.91 Å². The van der Waals surface area contributed by atoms with Crippen LogP contribution in [0.4, 0.5) is 0 Å². The summed E-state index contributed by atoms with van der Waals surface area (Å²) >= 11 is 0. The van der Waals surface area contributed by atoms with Gasteiger partial charge >= 0.3 is 0 Å². The van der Waals surface area contributed by atoms with Crippen LogP contribution >= 0.6 is 0 Å². The van der Waals surface area contributed by atoms with Crippen molar-refractivity contribution in [3.63, 3.8) is 0 Å². The molecule has 1 aliphatic heterocycles. The van der Waals surface area contributed by atoms with Crippen molar-refractivity contribution >= 4 is 16.8 Å². The molecule has 0 atom stereocenters. The quantitative estimate of drug-likeness (QED) is 0.524. The second-order valence-corrected chi connectivity index (χ2v) is 4.64. The van der Waals surface area contributed by atoms with Crippen LogP contribution in [-0.2, 0) is 0 Å². The lowest BCUT2D eigenvalue weighted by atomic mass is 10.1. The SMILES string of the molecule is N#Cc1ccc2c(=O)c3c([nH]c2c1)-c1cccn1C3=O. The fourth-order valence-electron chi connectivity index (χ4n) is 2.64. The second-order valence-electron chi connectivity index (χ2n) is 4.64. The largest absolute Gasteiger partial charge is 0.352 e. The molecule has 0 radical (unpaired) electrons. The molecule has 1 aromatic carbocycles. The van der Waals surface area contributed by atoms with Gasteiger partial charge in [0.05, 0.1) is 28.5 Å². The van der Waals surface area contributed by atoms with Crippen molar-refractivity contribution in [1.82, 2.24) is 9.55 Å². The van der Waals surface area contributed by atoms with Gasteiger partial charge in [0.1, 0.15) is 5.56 Å². The van der Waals surface area contributed by atoms with E-state index in [1.165, 1.54) is 4.57 Å². The monoisotopic (exact) mass is 261 g/mol. The molecule has 94 valence electrons. The smallest absolute Gasteiger partial charge is 0.268 e. The van der Waals surface area contributed by atoms with E-state index in [-0.39, 0.29) is 16.9 Å². The zero-order valence-corrected chi connectivity index (χ0v) is 10.2. The number of hydrogen-bond acceptors (Lipinski definition) is 3. The molecule has 0 fully saturated rings. The molecule has 1 N–H and O–H groups in total. The van der Waals surface area contributed by atoms with Crippen LogP contribution in [0.2, 0.25) is 0 Å². The Hall–Kier alpha value is -3.13. The van der Waals surface area contributed by atoms with Gasteiger partial charge in [-0.05, 0) is 30.3 Å². The number of nitrogens with zero attached hydrogens (tertiary/aromatic N) is 2. The van der Waals surface area contributed by atoms with Gasteiger partial charge in [-0.3, -0.25) is 14.2 Å². The molecular formula is C15H7N3O2. The second kappa shape index (κ2) is 3.45. The predicted octanol–water partition coefficient (Wildman–Crippen LogP) is 1.87. The van der Waals surface area contributed by atoms with Gasteiger partial charge in [0.2, 0.25) is 5.43 Å². The Morgan fingerprint density at radius 3 is 2.85 bits per heavy atom. The third kappa shape index (κ3) is 1.15. The van der Waals surface area contributed by atoms with E-state index in [2.05, 4.69) is 4.98 Å². The molecule has 5 nitrogen and oxygen atoms in total. The fraction of sp³-hybridized carbons (Fsp3) is 0. The minimum Gasteiger partial charge on any atom is -0.352 e. The summed E-state index contributed by atoms with van der Waals surface area (Å²) in [7, 11) is 0. The average Bonchev–Trinajstić information content (AvgIpc) is 3.03. The molecule has 2 aromatic heterocycles. The lowest BCUT2D eigenvalue weighted by molar-refractivity contribution is 0.0968. The maximum Gasteiger partial charge on any atom is 0.268 e. The molecule has 3 aromatic rings. The number of H-pyrrole nitrogens is 1. The standard InChI is InChI=1S/C15H7N3O2/c16-7-8-3-4-9-10(6-8)17-13-11-2-1-5-18(11)15(20)12(13)14(9)19/h1-6H,(H,17,19). The van der Waals surface area contributed by atoms with Gasteiger partial charge in [-0.2, -0.15) is 5.26 Å². The van der Waals surface area contributed by atoms with Crippen molar-refractivity contribution in [3.05, 3.63) is 57.9 Å². The van der Waals surface area contributed by atoms with E-state index in [1.54, 1.807) is 36.5 Å². The Bertz CT molecular complexity index is 1000. The highest BCUT2D eigenvalue weighted by atomic mass is 16.2. The summed E-state index contributed by atoms with van der Waals surface area (Å²) in [5.41, 5.74) is 2.09. The zero-order chi connectivity index (χ0) is 13.9. The molecule has 3 heterocycles. The maximum absolute atomic E-state index is 12.5. The van der Waals surface area contributed by atoms with E-state index < -0.39 is 0 Å². The molecular weight excluding hydrogens is 254 g/mol. The Balaban J connectivity index is 2.18. The van der Waals surface area contributed by atoms with Crippen LogP contribution in [0, 0.1) is 11.3 Å². The first-order valence-electron chi connectivity index (χ1n) is 6.03. The molecule has 0 amide bonds. The molecule has 20 heavy (non-hydrogen) atoms. The number of nitriles is 1. The average molecular weight is 261 g/mol. The molecule has 0 saturated heterocycles. The van der Waals surface area contributed by atoms with Crippen LogP contribution in [0.15, 0.2) is 41.3 Å².